The van der Waals surface area contributed by atoms with Gasteiger partial charge in [0.15, 0.2) is 6.29 Å². The average Bonchev–Trinajstić information content (AvgIpc) is 2.00. The first-order valence-corrected chi connectivity index (χ1v) is 4.03. The number of aldehydes is 1. The van der Waals surface area contributed by atoms with Gasteiger partial charge in [-0.25, -0.2) is 0 Å². The lowest BCUT2D eigenvalue weighted by Crippen LogP contribution is -2.49. The van der Waals surface area contributed by atoms with Gasteiger partial charge in [-0.15, -0.1) is 0 Å². The molecule has 1 aliphatic carbocycles. The summed E-state index contributed by atoms with van der Waals surface area (Å²) in [5.74, 6) is -0.246. The fourth-order valence-electron chi connectivity index (χ4n) is 1.72. The lowest BCUT2D eigenvalue weighted by Gasteiger charge is -2.37. The second-order valence-corrected chi connectivity index (χ2v) is 3.66. The normalized spacial score (nSPS) is 48.8. The van der Waals surface area contributed by atoms with Crippen LogP contribution in [-0.2, 0) is 4.79 Å². The first kappa shape index (κ1) is 9.64. The molecule has 70 valence electrons. The zero-order valence-corrected chi connectivity index (χ0v) is 6.97. The van der Waals surface area contributed by atoms with Crippen LogP contribution in [0.25, 0.3) is 0 Å². The molecule has 1 fully saturated rings. The van der Waals surface area contributed by atoms with E-state index in [9.17, 15) is 20.1 Å². The molecule has 4 heteroatoms. The predicted molar refractivity (Wildman–Crippen MR) is 41.4 cm³/mol. The van der Waals surface area contributed by atoms with Gasteiger partial charge < -0.3 is 20.1 Å². The Hall–Kier alpha value is -0.450. The van der Waals surface area contributed by atoms with Gasteiger partial charge in [-0.1, -0.05) is 6.92 Å². The van der Waals surface area contributed by atoms with Crippen molar-refractivity contribution in [3.05, 3.63) is 0 Å². The maximum absolute atomic E-state index is 10.4. The summed E-state index contributed by atoms with van der Waals surface area (Å²) in [5.41, 5.74) is -1.45. The van der Waals surface area contributed by atoms with Crippen LogP contribution in [-0.4, -0.2) is 39.4 Å². The van der Waals surface area contributed by atoms with Crippen LogP contribution in [0.15, 0.2) is 0 Å². The van der Waals surface area contributed by atoms with Gasteiger partial charge >= 0.3 is 0 Å². The van der Waals surface area contributed by atoms with Gasteiger partial charge in [0.05, 0.1) is 12.2 Å². The van der Waals surface area contributed by atoms with E-state index in [1.165, 1.54) is 0 Å². The fourth-order valence-corrected chi connectivity index (χ4v) is 1.72. The quantitative estimate of drug-likeness (QED) is 0.449. The SMILES string of the molecule is CC1CC(O)(C=O)CC(O)C1O. The van der Waals surface area contributed by atoms with Crippen molar-refractivity contribution in [1.82, 2.24) is 0 Å². The average molecular weight is 174 g/mol. The van der Waals surface area contributed by atoms with Gasteiger partial charge in [-0.05, 0) is 12.3 Å². The Morgan fingerprint density at radius 2 is 2.00 bits per heavy atom. The van der Waals surface area contributed by atoms with Crippen molar-refractivity contribution < 1.29 is 20.1 Å². The van der Waals surface area contributed by atoms with Gasteiger partial charge in [0.2, 0.25) is 0 Å². The number of rotatable bonds is 1. The van der Waals surface area contributed by atoms with Crippen molar-refractivity contribution in [1.29, 1.82) is 0 Å². The zero-order valence-electron chi connectivity index (χ0n) is 6.97. The topological polar surface area (TPSA) is 77.8 Å². The molecule has 0 saturated heterocycles. The Kier molecular flexibility index (Phi) is 2.51. The third-order valence-electron chi connectivity index (χ3n) is 2.43. The van der Waals surface area contributed by atoms with Crippen LogP contribution >= 0.6 is 0 Å². The van der Waals surface area contributed by atoms with Crippen LogP contribution in [0.4, 0.5) is 0 Å². The molecule has 4 nitrogen and oxygen atoms in total. The first-order chi connectivity index (χ1) is 5.48. The maximum Gasteiger partial charge on any atom is 0.151 e. The summed E-state index contributed by atoms with van der Waals surface area (Å²) in [7, 11) is 0. The fraction of sp³-hybridized carbons (Fsp3) is 0.875. The van der Waals surface area contributed by atoms with Crippen molar-refractivity contribution in [2.75, 3.05) is 0 Å². The second kappa shape index (κ2) is 3.12. The van der Waals surface area contributed by atoms with Crippen molar-refractivity contribution >= 4 is 6.29 Å². The molecule has 4 unspecified atom stereocenters. The molecule has 0 amide bonds. The molecule has 12 heavy (non-hydrogen) atoms. The Bertz CT molecular complexity index is 168. The largest absolute Gasteiger partial charge is 0.390 e. The molecule has 0 aliphatic heterocycles. The molecule has 0 spiro atoms. The summed E-state index contributed by atoms with van der Waals surface area (Å²) in [4.78, 5) is 10.4. The van der Waals surface area contributed by atoms with Crippen molar-refractivity contribution in [3.63, 3.8) is 0 Å². The molecule has 0 heterocycles. The molecule has 0 aromatic carbocycles. The highest BCUT2D eigenvalue weighted by atomic mass is 16.3. The van der Waals surface area contributed by atoms with E-state index >= 15 is 0 Å². The van der Waals surface area contributed by atoms with E-state index in [2.05, 4.69) is 0 Å². The number of carbonyl (C=O) groups is 1. The van der Waals surface area contributed by atoms with Crippen LogP contribution in [0.2, 0.25) is 0 Å². The molecule has 1 rings (SSSR count). The Morgan fingerprint density at radius 1 is 1.42 bits per heavy atom. The van der Waals surface area contributed by atoms with Gasteiger partial charge in [-0.3, -0.25) is 0 Å². The molecule has 1 saturated carbocycles. The molecule has 3 N–H and O–H groups in total. The van der Waals surface area contributed by atoms with E-state index in [1.807, 2.05) is 0 Å². The molecule has 0 aromatic heterocycles. The number of aliphatic hydroxyl groups excluding tert-OH is 2. The van der Waals surface area contributed by atoms with Crippen molar-refractivity contribution in [2.24, 2.45) is 5.92 Å². The van der Waals surface area contributed by atoms with Gasteiger partial charge in [0.1, 0.15) is 5.60 Å². The summed E-state index contributed by atoms with van der Waals surface area (Å²) in [6, 6.07) is 0. The molecule has 4 atom stereocenters. The highest BCUT2D eigenvalue weighted by molar-refractivity contribution is 5.62. The van der Waals surface area contributed by atoms with Crippen LogP contribution < -0.4 is 0 Å². The molecule has 0 aromatic rings. The zero-order chi connectivity index (χ0) is 9.35. The maximum atomic E-state index is 10.4. The monoisotopic (exact) mass is 174 g/mol. The molecule has 0 bridgehead atoms. The van der Waals surface area contributed by atoms with Gasteiger partial charge in [-0.2, -0.15) is 0 Å². The summed E-state index contributed by atoms with van der Waals surface area (Å²) in [5, 5.41) is 28.0. The predicted octanol–water partition coefficient (Wildman–Crippen LogP) is -0.932. The van der Waals surface area contributed by atoms with Crippen LogP contribution in [0, 0.1) is 5.92 Å². The number of hydrogen-bond donors (Lipinski definition) is 3. The summed E-state index contributed by atoms with van der Waals surface area (Å²) >= 11 is 0. The van der Waals surface area contributed by atoms with Crippen LogP contribution in [0.5, 0.6) is 0 Å². The number of carbonyl (C=O) groups excluding carboxylic acids is 1. The Balaban J connectivity index is 2.71. The minimum Gasteiger partial charge on any atom is -0.390 e. The molecule has 1 aliphatic rings. The lowest BCUT2D eigenvalue weighted by atomic mass is 9.76. The number of aliphatic hydroxyl groups is 3. The van der Waals surface area contributed by atoms with Crippen LogP contribution in [0.1, 0.15) is 19.8 Å². The van der Waals surface area contributed by atoms with E-state index in [4.69, 9.17) is 0 Å². The first-order valence-electron chi connectivity index (χ1n) is 4.03. The molecule has 0 radical (unpaired) electrons. The smallest absolute Gasteiger partial charge is 0.151 e. The van der Waals surface area contributed by atoms with E-state index in [-0.39, 0.29) is 18.8 Å². The number of hydrogen-bond acceptors (Lipinski definition) is 4. The Morgan fingerprint density at radius 3 is 2.42 bits per heavy atom. The minimum atomic E-state index is -1.45. The van der Waals surface area contributed by atoms with Crippen molar-refractivity contribution in [3.8, 4) is 0 Å². The lowest BCUT2D eigenvalue weighted by molar-refractivity contribution is -0.147. The molecular formula is C8H14O4. The van der Waals surface area contributed by atoms with E-state index in [0.717, 1.165) is 0 Å². The summed E-state index contributed by atoms with van der Waals surface area (Å²) < 4.78 is 0. The van der Waals surface area contributed by atoms with E-state index < -0.39 is 17.8 Å². The van der Waals surface area contributed by atoms with Crippen molar-refractivity contribution in [2.45, 2.75) is 37.6 Å². The van der Waals surface area contributed by atoms with Crippen LogP contribution in [0.3, 0.4) is 0 Å². The minimum absolute atomic E-state index is 0.0675. The Labute approximate surface area is 70.8 Å². The van der Waals surface area contributed by atoms with E-state index in [1.54, 1.807) is 6.92 Å². The molecular weight excluding hydrogens is 160 g/mol. The summed E-state index contributed by atoms with van der Waals surface area (Å²) in [6.07, 6.45) is -1.23. The van der Waals surface area contributed by atoms with Gasteiger partial charge in [0, 0.05) is 6.42 Å². The van der Waals surface area contributed by atoms with Gasteiger partial charge in [0.25, 0.3) is 0 Å². The third-order valence-corrected chi connectivity index (χ3v) is 2.43. The highest BCUT2D eigenvalue weighted by Gasteiger charge is 2.41. The summed E-state index contributed by atoms with van der Waals surface area (Å²) in [6.45, 7) is 1.70. The standard InChI is InChI=1S/C8H14O4/c1-5-2-8(12,4-9)3-6(10)7(5)11/h4-7,10-12H,2-3H2,1H3. The van der Waals surface area contributed by atoms with E-state index in [0.29, 0.717) is 6.29 Å². The highest BCUT2D eigenvalue weighted by Crippen LogP contribution is 2.31. The third kappa shape index (κ3) is 1.65. The second-order valence-electron chi connectivity index (χ2n) is 3.66.